The predicted molar refractivity (Wildman–Crippen MR) is 126 cm³/mol. The van der Waals surface area contributed by atoms with Gasteiger partial charge in [-0.2, -0.15) is 5.10 Å². The summed E-state index contributed by atoms with van der Waals surface area (Å²) in [5.74, 6) is 0.943. The van der Waals surface area contributed by atoms with Crippen LogP contribution in [-0.4, -0.2) is 16.3 Å². The summed E-state index contributed by atoms with van der Waals surface area (Å²) in [6.07, 6.45) is 2.21. The number of nitrogens with one attached hydrogen (secondary N) is 1. The summed E-state index contributed by atoms with van der Waals surface area (Å²) in [5, 5.41) is 8.80. The normalized spacial score (nSPS) is 17.0. The maximum Gasteiger partial charge on any atom is 0.0931 e. The maximum absolute atomic E-state index is 5.14. The molecule has 4 rings (SSSR count). The molecule has 0 fully saturated rings. The molecule has 2 atom stereocenters. The first kappa shape index (κ1) is 20.9. The van der Waals surface area contributed by atoms with Crippen molar-refractivity contribution in [2.45, 2.75) is 72.4 Å². The lowest BCUT2D eigenvalue weighted by molar-refractivity contribution is 0.426. The molecule has 1 aliphatic rings. The largest absolute Gasteiger partial charge is 0.312 e. The van der Waals surface area contributed by atoms with Crippen molar-refractivity contribution in [3.8, 4) is 11.3 Å². The Morgan fingerprint density at radius 3 is 2.50 bits per heavy atom. The molecule has 1 N–H and O–H groups in total. The molecule has 0 saturated heterocycles. The zero-order chi connectivity index (χ0) is 21.3. The average molecular weight is 402 g/mol. The van der Waals surface area contributed by atoms with Crippen molar-refractivity contribution in [1.82, 2.24) is 15.1 Å². The highest BCUT2D eigenvalue weighted by Crippen LogP contribution is 2.40. The minimum atomic E-state index is 0.456. The monoisotopic (exact) mass is 401 g/mol. The van der Waals surface area contributed by atoms with E-state index < -0.39 is 0 Å². The van der Waals surface area contributed by atoms with E-state index in [9.17, 15) is 0 Å². The molecule has 0 saturated carbocycles. The Kier molecular flexibility index (Phi) is 6.10. The molecular formula is C27H35N3. The quantitative estimate of drug-likeness (QED) is 0.528. The second kappa shape index (κ2) is 8.77. The number of hydrogen-bond acceptors (Lipinski definition) is 2. The third-order valence-corrected chi connectivity index (χ3v) is 6.62. The lowest BCUT2D eigenvalue weighted by atomic mass is 9.78. The van der Waals surface area contributed by atoms with Gasteiger partial charge in [0, 0.05) is 42.7 Å². The zero-order valence-electron chi connectivity index (χ0n) is 19.1. The molecular weight excluding hydrogens is 366 g/mol. The van der Waals surface area contributed by atoms with E-state index in [1.807, 2.05) is 0 Å². The van der Waals surface area contributed by atoms with Gasteiger partial charge < -0.3 is 5.32 Å². The van der Waals surface area contributed by atoms with E-state index in [2.05, 4.69) is 87.1 Å². The second-order valence-corrected chi connectivity index (χ2v) is 8.90. The molecule has 3 aromatic rings. The number of benzene rings is 2. The Hall–Kier alpha value is -2.39. The fourth-order valence-electron chi connectivity index (χ4n) is 5.41. The van der Waals surface area contributed by atoms with Crippen LogP contribution in [0.2, 0.25) is 0 Å². The Balaban J connectivity index is 1.80. The SMILES string of the molecule is CCCn1nc(-c2c(C)cc(C)cc2C)cc1C(CC)C1CNCc2ccccc21. The topological polar surface area (TPSA) is 29.9 Å². The summed E-state index contributed by atoms with van der Waals surface area (Å²) in [6, 6.07) is 15.9. The molecule has 3 heteroatoms. The molecule has 0 amide bonds. The molecule has 0 bridgehead atoms. The van der Waals surface area contributed by atoms with Gasteiger partial charge >= 0.3 is 0 Å². The van der Waals surface area contributed by atoms with Crippen molar-refractivity contribution < 1.29 is 0 Å². The van der Waals surface area contributed by atoms with Gasteiger partial charge in [0.2, 0.25) is 0 Å². The van der Waals surface area contributed by atoms with E-state index in [0.717, 1.165) is 38.2 Å². The standard InChI is InChI=1S/C27H35N3/c1-6-12-30-26(15-25(29-30)27-19(4)13-18(3)14-20(27)5)22(7-2)24-17-28-16-21-10-8-9-11-23(21)24/h8-11,13-15,22,24,28H,6-7,12,16-17H2,1-5H3. The summed E-state index contributed by atoms with van der Waals surface area (Å²) in [6.45, 7) is 14.1. The van der Waals surface area contributed by atoms with Crippen LogP contribution in [-0.2, 0) is 13.1 Å². The molecule has 0 spiro atoms. The van der Waals surface area contributed by atoms with Crippen LogP contribution in [0.1, 0.15) is 72.0 Å². The molecule has 0 aliphatic carbocycles. The predicted octanol–water partition coefficient (Wildman–Crippen LogP) is 6.27. The first-order chi connectivity index (χ1) is 14.5. The highest BCUT2D eigenvalue weighted by atomic mass is 15.3. The van der Waals surface area contributed by atoms with Crippen LogP contribution in [0.15, 0.2) is 42.5 Å². The fraction of sp³-hybridized carbons (Fsp3) is 0.444. The molecule has 2 heterocycles. The summed E-state index contributed by atoms with van der Waals surface area (Å²) in [4.78, 5) is 0. The van der Waals surface area contributed by atoms with Gasteiger partial charge in [0.25, 0.3) is 0 Å². The van der Waals surface area contributed by atoms with E-state index in [0.29, 0.717) is 11.8 Å². The molecule has 0 radical (unpaired) electrons. The molecule has 3 nitrogen and oxygen atoms in total. The summed E-state index contributed by atoms with van der Waals surface area (Å²) < 4.78 is 2.29. The third kappa shape index (κ3) is 3.83. The summed E-state index contributed by atoms with van der Waals surface area (Å²) in [7, 11) is 0. The molecule has 2 aromatic carbocycles. The zero-order valence-corrected chi connectivity index (χ0v) is 19.1. The Bertz CT molecular complexity index is 1010. The van der Waals surface area contributed by atoms with Crippen LogP contribution in [0.5, 0.6) is 0 Å². The average Bonchev–Trinajstić information content (AvgIpc) is 3.11. The van der Waals surface area contributed by atoms with Crippen LogP contribution < -0.4 is 5.32 Å². The molecule has 30 heavy (non-hydrogen) atoms. The van der Waals surface area contributed by atoms with Crippen LogP contribution in [0.4, 0.5) is 0 Å². The van der Waals surface area contributed by atoms with E-state index in [1.165, 1.54) is 39.1 Å². The molecule has 158 valence electrons. The van der Waals surface area contributed by atoms with Crippen molar-refractivity contribution >= 4 is 0 Å². The molecule has 2 unspecified atom stereocenters. The summed E-state index contributed by atoms with van der Waals surface area (Å²) in [5.41, 5.74) is 10.7. The third-order valence-electron chi connectivity index (χ3n) is 6.62. The van der Waals surface area contributed by atoms with Crippen LogP contribution in [0, 0.1) is 20.8 Å². The number of aromatic nitrogens is 2. The van der Waals surface area contributed by atoms with E-state index in [1.54, 1.807) is 0 Å². The van der Waals surface area contributed by atoms with Crippen LogP contribution in [0.3, 0.4) is 0 Å². The smallest absolute Gasteiger partial charge is 0.0931 e. The highest BCUT2D eigenvalue weighted by molar-refractivity contribution is 5.68. The van der Waals surface area contributed by atoms with Crippen LogP contribution >= 0.6 is 0 Å². The van der Waals surface area contributed by atoms with Gasteiger partial charge in [-0.3, -0.25) is 4.68 Å². The van der Waals surface area contributed by atoms with Gasteiger partial charge in [-0.05, 0) is 61.9 Å². The van der Waals surface area contributed by atoms with Crippen molar-refractivity contribution in [3.63, 3.8) is 0 Å². The van der Waals surface area contributed by atoms with Gasteiger partial charge in [-0.1, -0.05) is 55.8 Å². The Labute approximate surface area is 181 Å². The first-order valence-corrected chi connectivity index (χ1v) is 11.5. The van der Waals surface area contributed by atoms with Crippen molar-refractivity contribution in [3.05, 3.63) is 76.0 Å². The first-order valence-electron chi connectivity index (χ1n) is 11.5. The van der Waals surface area contributed by atoms with E-state index in [4.69, 9.17) is 5.10 Å². The van der Waals surface area contributed by atoms with Crippen molar-refractivity contribution in [2.24, 2.45) is 0 Å². The van der Waals surface area contributed by atoms with Gasteiger partial charge in [-0.25, -0.2) is 0 Å². The van der Waals surface area contributed by atoms with Gasteiger partial charge in [0.05, 0.1) is 5.69 Å². The number of nitrogens with zero attached hydrogens (tertiary/aromatic N) is 2. The minimum Gasteiger partial charge on any atom is -0.312 e. The van der Waals surface area contributed by atoms with Crippen molar-refractivity contribution in [2.75, 3.05) is 6.54 Å². The van der Waals surface area contributed by atoms with Gasteiger partial charge in [0.1, 0.15) is 0 Å². The Morgan fingerprint density at radius 2 is 1.80 bits per heavy atom. The number of rotatable bonds is 6. The number of fused-ring (bicyclic) bond motifs is 1. The van der Waals surface area contributed by atoms with Crippen molar-refractivity contribution in [1.29, 1.82) is 0 Å². The second-order valence-electron chi connectivity index (χ2n) is 8.90. The number of hydrogen-bond donors (Lipinski definition) is 1. The minimum absolute atomic E-state index is 0.456. The number of aryl methyl sites for hydroxylation is 4. The van der Waals surface area contributed by atoms with Gasteiger partial charge in [0.15, 0.2) is 0 Å². The Morgan fingerprint density at radius 1 is 1.07 bits per heavy atom. The lowest BCUT2D eigenvalue weighted by Gasteiger charge is -2.33. The highest BCUT2D eigenvalue weighted by Gasteiger charge is 2.30. The van der Waals surface area contributed by atoms with Crippen LogP contribution in [0.25, 0.3) is 11.3 Å². The molecule has 1 aromatic heterocycles. The fourth-order valence-corrected chi connectivity index (χ4v) is 5.41. The van der Waals surface area contributed by atoms with E-state index in [-0.39, 0.29) is 0 Å². The van der Waals surface area contributed by atoms with Gasteiger partial charge in [-0.15, -0.1) is 0 Å². The molecule has 1 aliphatic heterocycles. The lowest BCUT2D eigenvalue weighted by Crippen LogP contribution is -2.32. The van der Waals surface area contributed by atoms with E-state index >= 15 is 0 Å². The summed E-state index contributed by atoms with van der Waals surface area (Å²) >= 11 is 0. The maximum atomic E-state index is 5.14.